The summed E-state index contributed by atoms with van der Waals surface area (Å²) in [5.41, 5.74) is 5.86. The Morgan fingerprint density at radius 1 is 0.711 bits per heavy atom. The maximum Gasteiger partial charge on any atom is 0.203 e. The molecule has 0 radical (unpaired) electrons. The molecule has 0 bridgehead atoms. The third-order valence-corrected chi connectivity index (χ3v) is 6.43. The molecule has 6 nitrogen and oxygen atoms in total. The molecule has 38 heavy (non-hydrogen) atoms. The number of hydrogen-bond acceptors (Lipinski definition) is 6. The van der Waals surface area contributed by atoms with Crippen LogP contribution in [0.3, 0.4) is 0 Å². The van der Waals surface area contributed by atoms with Gasteiger partial charge in [0.15, 0.2) is 11.5 Å². The zero-order valence-electron chi connectivity index (χ0n) is 22.0. The van der Waals surface area contributed by atoms with E-state index < -0.39 is 0 Å². The van der Waals surface area contributed by atoms with Crippen molar-refractivity contribution in [2.45, 2.75) is 20.0 Å². The van der Waals surface area contributed by atoms with E-state index >= 15 is 0 Å². The number of nitrogens with zero attached hydrogens (tertiary/aromatic N) is 3. The fourth-order valence-electron chi connectivity index (χ4n) is 4.75. The van der Waals surface area contributed by atoms with Crippen LogP contribution in [0.2, 0.25) is 0 Å². The summed E-state index contributed by atoms with van der Waals surface area (Å²) in [6.45, 7) is 2.95. The zero-order valence-corrected chi connectivity index (χ0v) is 22.0. The van der Waals surface area contributed by atoms with Crippen LogP contribution in [-0.4, -0.2) is 21.3 Å². The zero-order chi connectivity index (χ0) is 27.1. The minimum Gasteiger partial charge on any atom is -0.493 e. The van der Waals surface area contributed by atoms with Crippen molar-refractivity contribution in [2.24, 2.45) is 0 Å². The van der Waals surface area contributed by atoms with Crippen molar-refractivity contribution < 1.29 is 14.2 Å². The molecule has 4 aromatic carbocycles. The van der Waals surface area contributed by atoms with Crippen LogP contribution in [0.1, 0.15) is 27.8 Å². The van der Waals surface area contributed by atoms with Gasteiger partial charge in [-0.15, -0.1) is 0 Å². The summed E-state index contributed by atoms with van der Waals surface area (Å²) in [5, 5.41) is 20.8. The average Bonchev–Trinajstić information content (AvgIpc) is 2.96. The molecule has 0 aromatic heterocycles. The Bertz CT molecular complexity index is 1440. The van der Waals surface area contributed by atoms with E-state index in [1.807, 2.05) is 85.8 Å². The first-order valence-corrected chi connectivity index (χ1v) is 12.2. The van der Waals surface area contributed by atoms with Gasteiger partial charge >= 0.3 is 0 Å². The van der Waals surface area contributed by atoms with E-state index in [1.165, 1.54) is 0 Å². The highest BCUT2D eigenvalue weighted by atomic mass is 16.5. The van der Waals surface area contributed by atoms with Crippen molar-refractivity contribution >= 4 is 5.69 Å². The number of aryl methyl sites for hydroxylation is 1. The van der Waals surface area contributed by atoms with Gasteiger partial charge in [-0.25, -0.2) is 0 Å². The Morgan fingerprint density at radius 2 is 1.24 bits per heavy atom. The predicted molar refractivity (Wildman–Crippen MR) is 148 cm³/mol. The van der Waals surface area contributed by atoms with E-state index in [0.29, 0.717) is 52.7 Å². The number of hydrogen-bond donors (Lipinski definition) is 0. The second-order valence-electron chi connectivity index (χ2n) is 8.80. The lowest BCUT2D eigenvalue weighted by atomic mass is 9.90. The second-order valence-corrected chi connectivity index (χ2v) is 8.80. The summed E-state index contributed by atoms with van der Waals surface area (Å²) in [5.74, 6) is 1.45. The number of methoxy groups -OCH3 is 3. The van der Waals surface area contributed by atoms with Crippen LogP contribution in [0.25, 0.3) is 11.1 Å². The van der Waals surface area contributed by atoms with E-state index in [9.17, 15) is 10.5 Å². The topological polar surface area (TPSA) is 78.5 Å². The fourth-order valence-corrected chi connectivity index (χ4v) is 4.75. The number of rotatable bonds is 9. The van der Waals surface area contributed by atoms with Gasteiger partial charge in [0.25, 0.3) is 0 Å². The van der Waals surface area contributed by atoms with Gasteiger partial charge in [0.1, 0.15) is 12.1 Å². The van der Waals surface area contributed by atoms with Crippen molar-refractivity contribution in [1.82, 2.24) is 0 Å². The van der Waals surface area contributed by atoms with Crippen LogP contribution in [0.5, 0.6) is 17.2 Å². The van der Waals surface area contributed by atoms with Crippen molar-refractivity contribution in [3.05, 3.63) is 107 Å². The molecule has 0 heterocycles. The van der Waals surface area contributed by atoms with Crippen LogP contribution in [-0.2, 0) is 13.1 Å². The molecule has 0 fully saturated rings. The van der Waals surface area contributed by atoms with Crippen LogP contribution < -0.4 is 19.1 Å². The van der Waals surface area contributed by atoms with Gasteiger partial charge in [-0.2, -0.15) is 10.5 Å². The Balaban J connectivity index is 1.98. The van der Waals surface area contributed by atoms with E-state index in [-0.39, 0.29) is 0 Å². The first-order chi connectivity index (χ1) is 18.5. The van der Waals surface area contributed by atoms with E-state index in [2.05, 4.69) is 17.0 Å². The largest absolute Gasteiger partial charge is 0.493 e. The maximum atomic E-state index is 10.6. The smallest absolute Gasteiger partial charge is 0.203 e. The molecule has 190 valence electrons. The molecule has 4 aromatic rings. The van der Waals surface area contributed by atoms with Gasteiger partial charge in [0.05, 0.1) is 38.1 Å². The Kier molecular flexibility index (Phi) is 8.16. The highest BCUT2D eigenvalue weighted by Gasteiger charge is 2.25. The third kappa shape index (κ3) is 5.26. The van der Waals surface area contributed by atoms with E-state index in [4.69, 9.17) is 14.2 Å². The Hall–Kier alpha value is -4.94. The average molecular weight is 504 g/mol. The van der Waals surface area contributed by atoms with Crippen molar-refractivity contribution in [2.75, 3.05) is 26.2 Å². The lowest BCUT2D eigenvalue weighted by Gasteiger charge is -2.29. The molecule has 0 aliphatic rings. The molecule has 6 heteroatoms. The number of anilines is 1. The van der Waals surface area contributed by atoms with Crippen LogP contribution >= 0.6 is 0 Å². The molecule has 0 unspecified atom stereocenters. The molecule has 0 atom stereocenters. The van der Waals surface area contributed by atoms with Gasteiger partial charge in [-0.05, 0) is 47.4 Å². The van der Waals surface area contributed by atoms with Crippen LogP contribution in [0.4, 0.5) is 5.69 Å². The minimum atomic E-state index is 0.419. The van der Waals surface area contributed by atoms with E-state index in [0.717, 1.165) is 22.3 Å². The summed E-state index contributed by atoms with van der Waals surface area (Å²) in [6, 6.07) is 30.4. The monoisotopic (exact) mass is 503 g/mol. The van der Waals surface area contributed by atoms with Crippen molar-refractivity contribution in [3.63, 3.8) is 0 Å². The molecule has 0 amide bonds. The quantitative estimate of drug-likeness (QED) is 0.255. The number of benzene rings is 4. The molecule has 4 rings (SSSR count). The Labute approximate surface area is 223 Å². The fraction of sp³-hybridized carbons (Fsp3) is 0.188. The third-order valence-electron chi connectivity index (χ3n) is 6.43. The summed E-state index contributed by atoms with van der Waals surface area (Å²) >= 11 is 0. The molecular formula is C32H29N3O3. The SMILES string of the molecule is COc1cc(-c2c(C)cc(C#N)c(N(Cc3ccccc3)Cc3ccccc3)c2C#N)cc(OC)c1OC. The van der Waals surface area contributed by atoms with Gasteiger partial charge < -0.3 is 19.1 Å². The molecule has 0 N–H and O–H groups in total. The van der Waals surface area contributed by atoms with Crippen molar-refractivity contribution in [3.8, 4) is 40.5 Å². The number of ether oxygens (including phenoxy) is 3. The minimum absolute atomic E-state index is 0.419. The summed E-state index contributed by atoms with van der Waals surface area (Å²) in [4.78, 5) is 2.10. The summed E-state index contributed by atoms with van der Waals surface area (Å²) < 4.78 is 16.7. The van der Waals surface area contributed by atoms with Crippen molar-refractivity contribution in [1.29, 1.82) is 10.5 Å². The van der Waals surface area contributed by atoms with Gasteiger partial charge in [0.2, 0.25) is 5.75 Å². The molecular weight excluding hydrogens is 474 g/mol. The summed E-state index contributed by atoms with van der Waals surface area (Å²) in [7, 11) is 4.67. The molecule has 0 aliphatic carbocycles. The number of nitriles is 2. The lowest BCUT2D eigenvalue weighted by molar-refractivity contribution is 0.324. The van der Waals surface area contributed by atoms with Gasteiger partial charge in [0, 0.05) is 18.7 Å². The van der Waals surface area contributed by atoms with Crippen LogP contribution in [0.15, 0.2) is 78.9 Å². The first-order valence-electron chi connectivity index (χ1n) is 12.2. The lowest BCUT2D eigenvalue weighted by Crippen LogP contribution is -2.24. The van der Waals surface area contributed by atoms with Crippen LogP contribution in [0, 0.1) is 29.6 Å². The second kappa shape index (κ2) is 11.9. The predicted octanol–water partition coefficient (Wildman–Crippen LogP) is 6.64. The highest BCUT2D eigenvalue weighted by molar-refractivity contribution is 5.86. The highest BCUT2D eigenvalue weighted by Crippen LogP contribution is 2.45. The van der Waals surface area contributed by atoms with E-state index in [1.54, 1.807) is 21.3 Å². The summed E-state index contributed by atoms with van der Waals surface area (Å²) in [6.07, 6.45) is 0. The molecule has 0 aliphatic heterocycles. The Morgan fingerprint density at radius 3 is 1.66 bits per heavy atom. The maximum absolute atomic E-state index is 10.6. The standard InChI is InChI=1S/C32H29N3O3/c1-22-15-26(18-33)31(35(20-23-11-7-5-8-12-23)21-24-13-9-6-10-14-24)27(19-34)30(22)25-16-28(36-2)32(38-4)29(17-25)37-3/h5-17H,20-21H2,1-4H3. The molecule has 0 saturated carbocycles. The molecule has 0 saturated heterocycles. The van der Waals surface area contributed by atoms with Gasteiger partial charge in [-0.1, -0.05) is 60.7 Å². The first kappa shape index (κ1) is 26.1. The molecule has 0 spiro atoms. The van der Waals surface area contributed by atoms with Gasteiger partial charge in [-0.3, -0.25) is 0 Å². The normalized spacial score (nSPS) is 10.3.